The Balaban J connectivity index is 1.62. The molecule has 5 heteroatoms. The van der Waals surface area contributed by atoms with Gasteiger partial charge in [-0.05, 0) is 45.0 Å². The minimum absolute atomic E-state index is 0.0340. The molecule has 116 valence electrons. The zero-order valence-corrected chi connectivity index (χ0v) is 12.8. The number of likely N-dealkylation sites (tertiary alicyclic amines) is 1. The summed E-state index contributed by atoms with van der Waals surface area (Å²) >= 11 is 0. The normalized spacial score (nSPS) is 19.8. The summed E-state index contributed by atoms with van der Waals surface area (Å²) in [7, 11) is 2.04. The Bertz CT molecular complexity index is 425. The molecule has 0 spiro atoms. The van der Waals surface area contributed by atoms with Crippen LogP contribution >= 0.6 is 0 Å². The molecule has 0 radical (unpaired) electrons. The van der Waals surface area contributed by atoms with Gasteiger partial charge >= 0.3 is 0 Å². The van der Waals surface area contributed by atoms with E-state index in [1.54, 1.807) is 12.4 Å². The number of aromatic nitrogens is 1. The predicted molar refractivity (Wildman–Crippen MR) is 82.2 cm³/mol. The van der Waals surface area contributed by atoms with Crippen molar-refractivity contribution in [1.82, 2.24) is 15.2 Å². The zero-order chi connectivity index (χ0) is 14.9. The monoisotopic (exact) mass is 291 g/mol. The van der Waals surface area contributed by atoms with Gasteiger partial charge in [0.1, 0.15) is 5.75 Å². The van der Waals surface area contributed by atoms with Gasteiger partial charge in [-0.1, -0.05) is 12.8 Å². The summed E-state index contributed by atoms with van der Waals surface area (Å²) in [6.07, 6.45) is 8.75. The molecule has 1 unspecified atom stereocenters. The van der Waals surface area contributed by atoms with E-state index in [1.807, 2.05) is 19.2 Å². The van der Waals surface area contributed by atoms with E-state index in [4.69, 9.17) is 4.74 Å². The maximum absolute atomic E-state index is 12.2. The maximum Gasteiger partial charge on any atom is 0.237 e. The van der Waals surface area contributed by atoms with Crippen molar-refractivity contribution in [2.75, 3.05) is 26.7 Å². The number of nitrogens with zero attached hydrogens (tertiary/aromatic N) is 2. The van der Waals surface area contributed by atoms with Crippen LogP contribution in [0.5, 0.6) is 5.75 Å². The SMILES string of the molecule is CN1CCCCCC1C(=O)NCCCOc1cccnc1. The van der Waals surface area contributed by atoms with Crippen molar-refractivity contribution in [3.63, 3.8) is 0 Å². The fourth-order valence-electron chi connectivity index (χ4n) is 2.61. The van der Waals surface area contributed by atoms with Crippen LogP contribution in [0.25, 0.3) is 0 Å². The first-order chi connectivity index (χ1) is 10.3. The van der Waals surface area contributed by atoms with Crippen LogP contribution in [0.1, 0.15) is 32.1 Å². The Morgan fingerprint density at radius 1 is 1.48 bits per heavy atom. The van der Waals surface area contributed by atoms with Gasteiger partial charge in [-0.25, -0.2) is 0 Å². The van der Waals surface area contributed by atoms with Crippen LogP contribution in [-0.4, -0.2) is 48.6 Å². The van der Waals surface area contributed by atoms with Gasteiger partial charge in [0.2, 0.25) is 5.91 Å². The lowest BCUT2D eigenvalue weighted by Gasteiger charge is -2.24. The molecule has 0 aromatic carbocycles. The summed E-state index contributed by atoms with van der Waals surface area (Å²) in [5, 5.41) is 3.02. The Kier molecular flexibility index (Phi) is 6.47. The van der Waals surface area contributed by atoms with Crippen molar-refractivity contribution in [1.29, 1.82) is 0 Å². The van der Waals surface area contributed by atoms with E-state index in [0.29, 0.717) is 13.2 Å². The molecule has 1 fully saturated rings. The molecule has 1 saturated heterocycles. The molecule has 21 heavy (non-hydrogen) atoms. The Labute approximate surface area is 126 Å². The fraction of sp³-hybridized carbons (Fsp3) is 0.625. The van der Waals surface area contributed by atoms with Crippen molar-refractivity contribution in [3.05, 3.63) is 24.5 Å². The molecule has 2 rings (SSSR count). The summed E-state index contributed by atoms with van der Waals surface area (Å²) in [6, 6.07) is 3.76. The van der Waals surface area contributed by atoms with Crippen LogP contribution in [0.2, 0.25) is 0 Å². The first-order valence-corrected chi connectivity index (χ1v) is 7.78. The summed E-state index contributed by atoms with van der Waals surface area (Å²) in [5.41, 5.74) is 0. The van der Waals surface area contributed by atoms with E-state index < -0.39 is 0 Å². The molecule has 5 nitrogen and oxygen atoms in total. The smallest absolute Gasteiger partial charge is 0.237 e. The largest absolute Gasteiger partial charge is 0.492 e. The summed E-state index contributed by atoms with van der Waals surface area (Å²) in [6.45, 7) is 2.26. The second kappa shape index (κ2) is 8.62. The lowest BCUT2D eigenvalue weighted by Crippen LogP contribution is -2.45. The number of carbonyl (C=O) groups is 1. The third kappa shape index (κ3) is 5.34. The van der Waals surface area contributed by atoms with Crippen LogP contribution in [-0.2, 0) is 4.79 Å². The number of rotatable bonds is 6. The maximum atomic E-state index is 12.2. The molecule has 2 heterocycles. The van der Waals surface area contributed by atoms with E-state index in [2.05, 4.69) is 15.2 Å². The molecule has 1 aliphatic rings. The first kappa shape index (κ1) is 15.8. The molecule has 1 aliphatic heterocycles. The second-order valence-electron chi connectivity index (χ2n) is 5.53. The molecule has 0 bridgehead atoms. The fourth-order valence-corrected chi connectivity index (χ4v) is 2.61. The molecule has 1 amide bonds. The van der Waals surface area contributed by atoms with Gasteiger partial charge < -0.3 is 10.1 Å². The Morgan fingerprint density at radius 2 is 2.38 bits per heavy atom. The summed E-state index contributed by atoms with van der Waals surface area (Å²) in [5.74, 6) is 0.924. The Hall–Kier alpha value is -1.62. The number of hydrogen-bond acceptors (Lipinski definition) is 4. The van der Waals surface area contributed by atoms with E-state index in [0.717, 1.165) is 31.6 Å². The highest BCUT2D eigenvalue weighted by Gasteiger charge is 2.23. The topological polar surface area (TPSA) is 54.5 Å². The van der Waals surface area contributed by atoms with Crippen molar-refractivity contribution >= 4 is 5.91 Å². The second-order valence-corrected chi connectivity index (χ2v) is 5.53. The highest BCUT2D eigenvalue weighted by molar-refractivity contribution is 5.81. The van der Waals surface area contributed by atoms with E-state index in [-0.39, 0.29) is 11.9 Å². The highest BCUT2D eigenvalue weighted by atomic mass is 16.5. The third-order valence-corrected chi connectivity index (χ3v) is 3.85. The molecule has 1 aromatic rings. The number of ether oxygens (including phenoxy) is 1. The zero-order valence-electron chi connectivity index (χ0n) is 12.8. The van der Waals surface area contributed by atoms with E-state index >= 15 is 0 Å². The van der Waals surface area contributed by atoms with Gasteiger partial charge in [-0.3, -0.25) is 14.7 Å². The van der Waals surface area contributed by atoms with Gasteiger partial charge in [0.15, 0.2) is 0 Å². The number of carbonyl (C=O) groups excluding carboxylic acids is 1. The molecular weight excluding hydrogens is 266 g/mol. The predicted octanol–water partition coefficient (Wildman–Crippen LogP) is 1.84. The van der Waals surface area contributed by atoms with Gasteiger partial charge in [0, 0.05) is 12.7 Å². The quantitative estimate of drug-likeness (QED) is 0.813. The number of nitrogens with one attached hydrogen (secondary N) is 1. The summed E-state index contributed by atoms with van der Waals surface area (Å²) < 4.78 is 5.55. The molecule has 0 aliphatic carbocycles. The van der Waals surface area contributed by atoms with Crippen molar-refractivity contribution < 1.29 is 9.53 Å². The van der Waals surface area contributed by atoms with Crippen LogP contribution in [0, 0.1) is 0 Å². The highest BCUT2D eigenvalue weighted by Crippen LogP contribution is 2.15. The minimum atomic E-state index is 0.0340. The molecule has 0 saturated carbocycles. The van der Waals surface area contributed by atoms with E-state index in [1.165, 1.54) is 12.8 Å². The first-order valence-electron chi connectivity index (χ1n) is 7.78. The number of pyridine rings is 1. The van der Waals surface area contributed by atoms with Gasteiger partial charge in [-0.2, -0.15) is 0 Å². The van der Waals surface area contributed by atoms with Crippen LogP contribution in [0.3, 0.4) is 0 Å². The van der Waals surface area contributed by atoms with Crippen LogP contribution in [0.15, 0.2) is 24.5 Å². The van der Waals surface area contributed by atoms with E-state index in [9.17, 15) is 4.79 Å². The standard InChI is InChI=1S/C16H25N3O2/c1-19-11-4-2-3-8-15(19)16(20)18-10-6-12-21-14-7-5-9-17-13-14/h5,7,9,13,15H,2-4,6,8,10-12H2,1H3,(H,18,20). The molecular formula is C16H25N3O2. The van der Waals surface area contributed by atoms with Crippen LogP contribution in [0.4, 0.5) is 0 Å². The number of hydrogen-bond donors (Lipinski definition) is 1. The van der Waals surface area contributed by atoms with Gasteiger partial charge in [-0.15, -0.1) is 0 Å². The van der Waals surface area contributed by atoms with Crippen molar-refractivity contribution in [2.45, 2.75) is 38.1 Å². The number of likely N-dealkylation sites (N-methyl/N-ethyl adjacent to an activating group) is 1. The summed E-state index contributed by atoms with van der Waals surface area (Å²) in [4.78, 5) is 18.4. The minimum Gasteiger partial charge on any atom is -0.492 e. The molecule has 1 N–H and O–H groups in total. The molecule has 1 atom stereocenters. The lowest BCUT2D eigenvalue weighted by atomic mass is 10.1. The average Bonchev–Trinajstić information content (AvgIpc) is 2.72. The lowest BCUT2D eigenvalue weighted by molar-refractivity contribution is -0.126. The Morgan fingerprint density at radius 3 is 3.19 bits per heavy atom. The van der Waals surface area contributed by atoms with Gasteiger partial charge in [0.05, 0.1) is 18.8 Å². The van der Waals surface area contributed by atoms with Crippen molar-refractivity contribution in [3.8, 4) is 5.75 Å². The van der Waals surface area contributed by atoms with Crippen molar-refractivity contribution in [2.24, 2.45) is 0 Å². The third-order valence-electron chi connectivity index (χ3n) is 3.85. The number of amides is 1. The average molecular weight is 291 g/mol. The van der Waals surface area contributed by atoms with Gasteiger partial charge in [0.25, 0.3) is 0 Å². The molecule has 1 aromatic heterocycles. The van der Waals surface area contributed by atoms with Crippen LogP contribution < -0.4 is 10.1 Å².